The average Bonchev–Trinajstić information content (AvgIpc) is 3.20. The first-order valence-corrected chi connectivity index (χ1v) is 8.01. The van der Waals surface area contributed by atoms with E-state index < -0.39 is 0 Å². The fraction of sp³-hybridized carbons (Fsp3) is 0.158. The molecule has 1 aromatic carbocycles. The van der Waals surface area contributed by atoms with E-state index in [1.807, 2.05) is 36.4 Å². The van der Waals surface area contributed by atoms with Gasteiger partial charge in [0.15, 0.2) is 11.5 Å². The number of hydrogen-bond acceptors (Lipinski definition) is 5. The molecule has 2 aromatic heterocycles. The van der Waals surface area contributed by atoms with Gasteiger partial charge in [-0.15, -0.1) is 0 Å². The summed E-state index contributed by atoms with van der Waals surface area (Å²) in [5, 5.41) is 4.28. The minimum Gasteiger partial charge on any atom is -0.454 e. The second-order valence-corrected chi connectivity index (χ2v) is 5.78. The van der Waals surface area contributed by atoms with Crippen molar-refractivity contribution in [3.63, 3.8) is 0 Å². The first kappa shape index (κ1) is 15.3. The monoisotopic (exact) mass is 334 g/mol. The summed E-state index contributed by atoms with van der Waals surface area (Å²) in [5.74, 6) is 2.27. The lowest BCUT2D eigenvalue weighted by atomic mass is 10.2. The molecule has 6 nitrogen and oxygen atoms in total. The van der Waals surface area contributed by atoms with Gasteiger partial charge in [-0.25, -0.2) is 4.98 Å². The maximum Gasteiger partial charge on any atom is 0.231 e. The predicted molar refractivity (Wildman–Crippen MR) is 96.8 cm³/mol. The molecule has 1 aliphatic rings. The van der Waals surface area contributed by atoms with E-state index in [9.17, 15) is 0 Å². The van der Waals surface area contributed by atoms with E-state index in [0.717, 1.165) is 34.1 Å². The Hall–Kier alpha value is -3.28. The Morgan fingerprint density at radius 2 is 2.00 bits per heavy atom. The van der Waals surface area contributed by atoms with E-state index in [1.54, 1.807) is 12.4 Å². The SMILES string of the molecule is Cc1cc(/C=N\Nc2ccccn2)c(C)n1-c1ccc2c(c1)OCO2. The van der Waals surface area contributed by atoms with Crippen molar-refractivity contribution in [2.75, 3.05) is 12.2 Å². The van der Waals surface area contributed by atoms with Gasteiger partial charge < -0.3 is 14.0 Å². The molecule has 0 aliphatic carbocycles. The Bertz CT molecular complexity index is 932. The van der Waals surface area contributed by atoms with Gasteiger partial charge in [0.2, 0.25) is 6.79 Å². The van der Waals surface area contributed by atoms with Crippen molar-refractivity contribution >= 4 is 12.0 Å². The van der Waals surface area contributed by atoms with Crippen LogP contribution in [0.1, 0.15) is 17.0 Å². The Kier molecular flexibility index (Phi) is 3.85. The van der Waals surface area contributed by atoms with E-state index in [1.165, 1.54) is 0 Å². The minimum atomic E-state index is 0.277. The molecule has 0 amide bonds. The number of nitrogens with zero attached hydrogens (tertiary/aromatic N) is 3. The van der Waals surface area contributed by atoms with Crippen LogP contribution in [-0.4, -0.2) is 22.6 Å². The van der Waals surface area contributed by atoms with Crippen LogP contribution in [0, 0.1) is 13.8 Å². The van der Waals surface area contributed by atoms with E-state index in [4.69, 9.17) is 9.47 Å². The molecule has 0 saturated heterocycles. The highest BCUT2D eigenvalue weighted by Crippen LogP contribution is 2.34. The first-order chi connectivity index (χ1) is 12.2. The molecular formula is C19H18N4O2. The summed E-state index contributed by atoms with van der Waals surface area (Å²) in [6, 6.07) is 13.7. The van der Waals surface area contributed by atoms with Crippen LogP contribution in [0.4, 0.5) is 5.82 Å². The molecule has 0 fully saturated rings. The Morgan fingerprint density at radius 1 is 1.12 bits per heavy atom. The second kappa shape index (κ2) is 6.32. The third-order valence-electron chi connectivity index (χ3n) is 4.13. The zero-order valence-corrected chi connectivity index (χ0v) is 14.1. The highest BCUT2D eigenvalue weighted by molar-refractivity contribution is 5.82. The highest BCUT2D eigenvalue weighted by atomic mass is 16.7. The number of ether oxygens (including phenoxy) is 2. The molecule has 25 heavy (non-hydrogen) atoms. The number of anilines is 1. The third kappa shape index (κ3) is 2.94. The lowest BCUT2D eigenvalue weighted by Crippen LogP contribution is -2.00. The summed E-state index contributed by atoms with van der Waals surface area (Å²) in [4.78, 5) is 4.18. The summed E-state index contributed by atoms with van der Waals surface area (Å²) in [5.41, 5.74) is 7.24. The predicted octanol–water partition coefficient (Wildman–Crippen LogP) is 3.66. The van der Waals surface area contributed by atoms with Crippen molar-refractivity contribution in [3.05, 3.63) is 65.6 Å². The molecule has 4 rings (SSSR count). The molecule has 0 atom stereocenters. The van der Waals surface area contributed by atoms with Gasteiger partial charge in [0.25, 0.3) is 0 Å². The van der Waals surface area contributed by atoms with Gasteiger partial charge in [-0.3, -0.25) is 5.43 Å². The van der Waals surface area contributed by atoms with E-state index in [2.05, 4.69) is 40.0 Å². The molecule has 0 unspecified atom stereocenters. The fourth-order valence-electron chi connectivity index (χ4n) is 2.94. The molecule has 3 heterocycles. The number of hydrogen-bond donors (Lipinski definition) is 1. The van der Waals surface area contributed by atoms with Crippen molar-refractivity contribution in [2.45, 2.75) is 13.8 Å². The maximum atomic E-state index is 5.48. The molecule has 0 saturated carbocycles. The summed E-state index contributed by atoms with van der Waals surface area (Å²) in [7, 11) is 0. The van der Waals surface area contributed by atoms with Crippen LogP contribution in [-0.2, 0) is 0 Å². The zero-order valence-electron chi connectivity index (χ0n) is 14.1. The number of pyridine rings is 1. The van der Waals surface area contributed by atoms with Crippen LogP contribution in [0.15, 0.2) is 53.8 Å². The van der Waals surface area contributed by atoms with Gasteiger partial charge in [-0.1, -0.05) is 6.07 Å². The smallest absolute Gasteiger partial charge is 0.231 e. The number of rotatable bonds is 4. The first-order valence-electron chi connectivity index (χ1n) is 8.01. The van der Waals surface area contributed by atoms with Gasteiger partial charge in [-0.05, 0) is 44.2 Å². The average molecular weight is 334 g/mol. The number of fused-ring (bicyclic) bond motifs is 1. The van der Waals surface area contributed by atoms with E-state index >= 15 is 0 Å². The van der Waals surface area contributed by atoms with Crippen LogP contribution < -0.4 is 14.9 Å². The van der Waals surface area contributed by atoms with Crippen molar-refractivity contribution in [1.29, 1.82) is 0 Å². The molecule has 1 aliphatic heterocycles. The second-order valence-electron chi connectivity index (χ2n) is 5.78. The van der Waals surface area contributed by atoms with Crippen molar-refractivity contribution < 1.29 is 9.47 Å². The molecule has 126 valence electrons. The Morgan fingerprint density at radius 3 is 2.84 bits per heavy atom. The van der Waals surface area contributed by atoms with Crippen molar-refractivity contribution in [1.82, 2.24) is 9.55 Å². The van der Waals surface area contributed by atoms with E-state index in [0.29, 0.717) is 5.82 Å². The molecular weight excluding hydrogens is 316 g/mol. The molecule has 1 N–H and O–H groups in total. The Labute approximate surface area is 145 Å². The number of benzene rings is 1. The third-order valence-corrected chi connectivity index (χ3v) is 4.13. The van der Waals surface area contributed by atoms with Crippen LogP contribution >= 0.6 is 0 Å². The molecule has 3 aromatic rings. The molecule has 6 heteroatoms. The standard InChI is InChI=1S/C19H18N4O2/c1-13-9-15(11-21-22-19-5-3-4-8-20-19)14(2)23(13)16-6-7-17-18(10-16)25-12-24-17/h3-11H,12H2,1-2H3,(H,20,22)/b21-11-. The van der Waals surface area contributed by atoms with Gasteiger partial charge in [-0.2, -0.15) is 5.10 Å². The largest absolute Gasteiger partial charge is 0.454 e. The van der Waals surface area contributed by atoms with Crippen molar-refractivity contribution in [2.24, 2.45) is 5.10 Å². The quantitative estimate of drug-likeness (QED) is 0.584. The van der Waals surface area contributed by atoms with Gasteiger partial charge in [0.1, 0.15) is 5.82 Å². The fourth-order valence-corrected chi connectivity index (χ4v) is 2.94. The van der Waals surface area contributed by atoms with Crippen LogP contribution in [0.25, 0.3) is 5.69 Å². The van der Waals surface area contributed by atoms with Gasteiger partial charge in [0, 0.05) is 34.9 Å². The topological polar surface area (TPSA) is 60.7 Å². The number of nitrogens with one attached hydrogen (secondary N) is 1. The lowest BCUT2D eigenvalue weighted by molar-refractivity contribution is 0.174. The number of hydrazone groups is 1. The molecule has 0 spiro atoms. The molecule has 0 radical (unpaired) electrons. The molecule has 0 bridgehead atoms. The van der Waals surface area contributed by atoms with Crippen LogP contribution in [0.3, 0.4) is 0 Å². The number of aromatic nitrogens is 2. The van der Waals surface area contributed by atoms with Crippen LogP contribution in [0.5, 0.6) is 11.5 Å². The minimum absolute atomic E-state index is 0.277. The lowest BCUT2D eigenvalue weighted by Gasteiger charge is -2.10. The van der Waals surface area contributed by atoms with Gasteiger partial charge in [0.05, 0.1) is 6.21 Å². The van der Waals surface area contributed by atoms with E-state index in [-0.39, 0.29) is 6.79 Å². The normalized spacial score (nSPS) is 12.7. The van der Waals surface area contributed by atoms with Gasteiger partial charge >= 0.3 is 0 Å². The zero-order chi connectivity index (χ0) is 17.2. The highest BCUT2D eigenvalue weighted by Gasteiger charge is 2.16. The summed E-state index contributed by atoms with van der Waals surface area (Å²) in [6.45, 7) is 4.42. The number of aryl methyl sites for hydroxylation is 1. The summed E-state index contributed by atoms with van der Waals surface area (Å²) in [6.07, 6.45) is 3.53. The van der Waals surface area contributed by atoms with Crippen molar-refractivity contribution in [3.8, 4) is 17.2 Å². The Balaban J connectivity index is 1.61. The summed E-state index contributed by atoms with van der Waals surface area (Å²) < 4.78 is 13.0. The maximum absolute atomic E-state index is 5.48. The van der Waals surface area contributed by atoms with Crippen LogP contribution in [0.2, 0.25) is 0 Å². The summed E-state index contributed by atoms with van der Waals surface area (Å²) >= 11 is 0.